The number of aryl methyl sites for hydroxylation is 2. The van der Waals surface area contributed by atoms with E-state index in [1.54, 1.807) is 6.20 Å². The molecule has 0 aliphatic rings. The van der Waals surface area contributed by atoms with Gasteiger partial charge in [-0.1, -0.05) is 145 Å². The number of aromatic nitrogens is 1. The Bertz CT molecular complexity index is 2350. The maximum absolute atomic E-state index is 13.0. The predicted molar refractivity (Wildman–Crippen MR) is 238 cm³/mol. The lowest BCUT2D eigenvalue weighted by molar-refractivity contribution is -0.115. The second kappa shape index (κ2) is 17.9. The second-order valence-corrected chi connectivity index (χ2v) is 16.9. The van der Waals surface area contributed by atoms with E-state index in [4.69, 9.17) is 0 Å². The van der Waals surface area contributed by atoms with Gasteiger partial charge >= 0.3 is 0 Å². The van der Waals surface area contributed by atoms with Crippen LogP contribution < -0.4 is 0 Å². The maximum Gasteiger partial charge on any atom is 0.159 e. The Kier molecular flexibility index (Phi) is 12.7. The first-order chi connectivity index (χ1) is 27.7. The Hall–Kier alpha value is -6.33. The summed E-state index contributed by atoms with van der Waals surface area (Å²) in [6, 6.07) is 45.9. The molecule has 1 heterocycles. The highest BCUT2D eigenvalue weighted by molar-refractivity contribution is 5.92. The molecule has 0 radical (unpaired) electrons. The fraction of sp³-hybridized carbons (Fsp3) is 0.226. The van der Waals surface area contributed by atoms with Crippen LogP contribution in [0.2, 0.25) is 0 Å². The molecule has 6 aromatic rings. The Balaban J connectivity index is 1.44. The minimum atomic E-state index is -0.504. The first-order valence-electron chi connectivity index (χ1n) is 20.0. The molecule has 0 spiro atoms. The van der Waals surface area contributed by atoms with Crippen LogP contribution in [-0.2, 0) is 22.4 Å². The first-order valence-corrected chi connectivity index (χ1v) is 20.0. The molecule has 2 N–H and O–H groups in total. The summed E-state index contributed by atoms with van der Waals surface area (Å²) in [6.07, 6.45) is 6.07. The van der Waals surface area contributed by atoms with Crippen LogP contribution in [-0.4, -0.2) is 26.8 Å². The van der Waals surface area contributed by atoms with E-state index in [0.29, 0.717) is 12.8 Å². The summed E-state index contributed by atoms with van der Waals surface area (Å²) in [5, 5.41) is 21.0. The number of aliphatic hydroxyl groups excluding tert-OH is 2. The van der Waals surface area contributed by atoms with Crippen molar-refractivity contribution in [1.29, 1.82) is 0 Å². The van der Waals surface area contributed by atoms with Gasteiger partial charge in [-0.15, -0.1) is 0 Å². The third-order valence-electron chi connectivity index (χ3n) is 10.4. The van der Waals surface area contributed by atoms with Gasteiger partial charge in [0.15, 0.2) is 11.6 Å². The summed E-state index contributed by atoms with van der Waals surface area (Å²) in [5.41, 5.74) is 11.4. The van der Waals surface area contributed by atoms with E-state index in [-0.39, 0.29) is 35.9 Å². The van der Waals surface area contributed by atoms with Crippen LogP contribution in [0.15, 0.2) is 163 Å². The zero-order chi connectivity index (χ0) is 41.5. The van der Waals surface area contributed by atoms with Crippen molar-refractivity contribution >= 4 is 11.6 Å². The fourth-order valence-electron chi connectivity index (χ4n) is 6.87. The Morgan fingerprint density at radius 1 is 0.483 bits per heavy atom. The monoisotopic (exact) mass is 767 g/mol. The molecule has 58 heavy (non-hydrogen) atoms. The van der Waals surface area contributed by atoms with Crippen LogP contribution in [0.4, 0.5) is 0 Å². The van der Waals surface area contributed by atoms with Gasteiger partial charge < -0.3 is 10.2 Å². The van der Waals surface area contributed by atoms with Crippen LogP contribution in [0.25, 0.3) is 55.8 Å². The topological polar surface area (TPSA) is 87.5 Å². The molecule has 0 fully saturated rings. The van der Waals surface area contributed by atoms with Gasteiger partial charge in [-0.3, -0.25) is 14.6 Å². The number of carbonyl (C=O) groups is 2. The number of ketones is 2. The van der Waals surface area contributed by atoms with Gasteiger partial charge in [0, 0.05) is 47.6 Å². The SMILES string of the molecule is CC(C)(C)C(O)=CC(=O)CCc1ccccc1-c1cc(-c2ccccc2CCC(=O)C=C(O)C(C)(C)C)cc(-c2ccccc2-c2ccc(-c3ccccn3)cc2)c1. The minimum Gasteiger partial charge on any atom is -0.512 e. The minimum absolute atomic E-state index is 0.0792. The lowest BCUT2D eigenvalue weighted by atomic mass is 9.86. The third kappa shape index (κ3) is 10.3. The summed E-state index contributed by atoms with van der Waals surface area (Å²) in [6.45, 7) is 11.3. The fourth-order valence-corrected chi connectivity index (χ4v) is 6.87. The van der Waals surface area contributed by atoms with Gasteiger partial charge in [0.1, 0.15) is 11.5 Å². The second-order valence-electron chi connectivity index (χ2n) is 16.9. The van der Waals surface area contributed by atoms with Crippen molar-refractivity contribution in [2.75, 3.05) is 0 Å². The number of nitrogens with zero attached hydrogens (tertiary/aromatic N) is 1. The summed E-state index contributed by atoms with van der Waals surface area (Å²) in [5.74, 6) is -0.0753. The molecule has 5 heteroatoms. The average Bonchev–Trinajstić information content (AvgIpc) is 3.22. The van der Waals surface area contributed by atoms with Crippen molar-refractivity contribution in [1.82, 2.24) is 4.98 Å². The van der Waals surface area contributed by atoms with Crippen molar-refractivity contribution in [2.45, 2.75) is 67.2 Å². The number of carbonyl (C=O) groups excluding carboxylic acids is 2. The third-order valence-corrected chi connectivity index (χ3v) is 10.4. The highest BCUT2D eigenvalue weighted by Crippen LogP contribution is 2.40. The molecule has 0 aliphatic carbocycles. The number of pyridine rings is 1. The van der Waals surface area contributed by atoms with E-state index < -0.39 is 10.8 Å². The Morgan fingerprint density at radius 2 is 0.862 bits per heavy atom. The molecule has 0 saturated carbocycles. The maximum atomic E-state index is 13.0. The number of aliphatic hydroxyl groups is 2. The molecule has 294 valence electrons. The predicted octanol–water partition coefficient (Wildman–Crippen LogP) is 13.4. The summed E-state index contributed by atoms with van der Waals surface area (Å²) in [7, 11) is 0. The molecular formula is C53H53NO4. The van der Waals surface area contributed by atoms with E-state index in [2.05, 4.69) is 96.0 Å². The molecule has 0 amide bonds. The standard InChI is InChI=1S/C53H53NO4/c1-52(2,3)50(57)34-43(55)28-26-36-15-7-9-17-45(36)40-31-41(46-18-10-8-16-37(46)27-29-44(56)35-51(58)53(4,5)6)33-42(32-40)48-20-12-11-19-47(48)38-22-24-39(25-23-38)49-21-13-14-30-54-49/h7-25,30-35,57-58H,26-29H2,1-6H3. The van der Waals surface area contributed by atoms with E-state index in [1.165, 1.54) is 12.2 Å². The van der Waals surface area contributed by atoms with Gasteiger partial charge in [0.05, 0.1) is 5.69 Å². The molecule has 5 nitrogen and oxygen atoms in total. The lowest BCUT2D eigenvalue weighted by Gasteiger charge is -2.18. The van der Waals surface area contributed by atoms with Gasteiger partial charge in [-0.05, 0) is 98.8 Å². The molecule has 0 saturated heterocycles. The zero-order valence-corrected chi connectivity index (χ0v) is 34.4. The van der Waals surface area contributed by atoms with Crippen molar-refractivity contribution < 1.29 is 19.8 Å². The number of hydrogen-bond acceptors (Lipinski definition) is 5. The smallest absolute Gasteiger partial charge is 0.159 e. The van der Waals surface area contributed by atoms with Crippen LogP contribution in [0.3, 0.4) is 0 Å². The molecule has 6 rings (SSSR count). The number of hydrogen-bond donors (Lipinski definition) is 2. The number of benzene rings is 5. The number of allylic oxidation sites excluding steroid dienone is 4. The molecule has 0 aliphatic heterocycles. The van der Waals surface area contributed by atoms with Gasteiger partial charge in [-0.25, -0.2) is 0 Å². The highest BCUT2D eigenvalue weighted by atomic mass is 16.3. The molecule has 0 unspecified atom stereocenters. The number of rotatable bonds is 13. The normalized spacial score (nSPS) is 12.4. The molecule has 1 aromatic heterocycles. The molecule has 5 aromatic carbocycles. The van der Waals surface area contributed by atoms with Crippen molar-refractivity contribution in [3.8, 4) is 55.8 Å². The van der Waals surface area contributed by atoms with E-state index in [0.717, 1.165) is 66.9 Å². The molecular weight excluding hydrogens is 715 g/mol. The summed E-state index contributed by atoms with van der Waals surface area (Å²) < 4.78 is 0. The Labute approximate surface area is 343 Å². The highest BCUT2D eigenvalue weighted by Gasteiger charge is 2.20. The van der Waals surface area contributed by atoms with Crippen LogP contribution in [0, 0.1) is 10.8 Å². The molecule has 0 bridgehead atoms. The quantitative estimate of drug-likeness (QED) is 0.0902. The zero-order valence-electron chi connectivity index (χ0n) is 34.4. The van der Waals surface area contributed by atoms with Gasteiger partial charge in [0.2, 0.25) is 0 Å². The summed E-state index contributed by atoms with van der Waals surface area (Å²) >= 11 is 0. The largest absolute Gasteiger partial charge is 0.512 e. The molecule has 0 atom stereocenters. The van der Waals surface area contributed by atoms with Crippen molar-refractivity contribution in [2.24, 2.45) is 10.8 Å². The van der Waals surface area contributed by atoms with Gasteiger partial charge in [-0.2, -0.15) is 0 Å². The van der Waals surface area contributed by atoms with Crippen LogP contribution >= 0.6 is 0 Å². The van der Waals surface area contributed by atoms with Crippen molar-refractivity contribution in [3.63, 3.8) is 0 Å². The lowest BCUT2D eigenvalue weighted by Crippen LogP contribution is -2.11. The van der Waals surface area contributed by atoms with Crippen LogP contribution in [0.1, 0.15) is 65.5 Å². The van der Waals surface area contributed by atoms with E-state index in [9.17, 15) is 19.8 Å². The van der Waals surface area contributed by atoms with E-state index in [1.807, 2.05) is 84.0 Å². The first kappa shape index (κ1) is 41.3. The van der Waals surface area contributed by atoms with E-state index >= 15 is 0 Å². The van der Waals surface area contributed by atoms with Crippen molar-refractivity contribution in [3.05, 3.63) is 174 Å². The van der Waals surface area contributed by atoms with Gasteiger partial charge in [0.25, 0.3) is 0 Å². The average molecular weight is 768 g/mol. The van der Waals surface area contributed by atoms with Crippen LogP contribution in [0.5, 0.6) is 0 Å². The summed E-state index contributed by atoms with van der Waals surface area (Å²) in [4.78, 5) is 30.6. The Morgan fingerprint density at radius 3 is 1.29 bits per heavy atom.